The fraction of sp³-hybridized carbons (Fsp3) is 0.364. The minimum Gasteiger partial charge on any atom is -0.497 e. The van der Waals surface area contributed by atoms with Crippen LogP contribution in [0.25, 0.3) is 0 Å². The second-order valence-corrected chi connectivity index (χ2v) is 6.41. The largest absolute Gasteiger partial charge is 0.497 e. The van der Waals surface area contributed by atoms with Gasteiger partial charge in [0.25, 0.3) is 5.91 Å². The van der Waals surface area contributed by atoms with E-state index in [9.17, 15) is 9.59 Å². The molecule has 0 aliphatic rings. The molecule has 2 aromatic carbocycles. The Kier molecular flexibility index (Phi) is 8.33. The summed E-state index contributed by atoms with van der Waals surface area (Å²) in [4.78, 5) is 26.8. The highest BCUT2D eigenvalue weighted by Crippen LogP contribution is 2.19. The summed E-state index contributed by atoms with van der Waals surface area (Å²) in [5.74, 6) is 1.44. The van der Waals surface area contributed by atoms with Gasteiger partial charge < -0.3 is 24.4 Å². The van der Waals surface area contributed by atoms with Crippen molar-refractivity contribution in [2.24, 2.45) is 0 Å². The average Bonchev–Trinajstić information content (AvgIpc) is 2.76. The number of likely N-dealkylation sites (N-methyl/N-ethyl adjacent to an activating group) is 1. The van der Waals surface area contributed by atoms with Gasteiger partial charge >= 0.3 is 0 Å². The van der Waals surface area contributed by atoms with Crippen LogP contribution >= 0.6 is 0 Å². The Bertz CT molecular complexity index is 807. The van der Waals surface area contributed by atoms with Gasteiger partial charge in [-0.25, -0.2) is 0 Å². The molecule has 2 rings (SSSR count). The molecule has 156 valence electrons. The molecule has 0 aliphatic heterocycles. The van der Waals surface area contributed by atoms with Gasteiger partial charge in [0.15, 0.2) is 6.61 Å². The Labute approximate surface area is 171 Å². The van der Waals surface area contributed by atoms with Crippen molar-refractivity contribution in [3.63, 3.8) is 0 Å². The van der Waals surface area contributed by atoms with Crippen LogP contribution in [0.5, 0.6) is 17.2 Å². The van der Waals surface area contributed by atoms with Gasteiger partial charge in [-0.2, -0.15) is 0 Å². The summed E-state index contributed by atoms with van der Waals surface area (Å²) >= 11 is 0. The molecule has 2 amide bonds. The molecule has 7 heteroatoms. The molecule has 0 saturated carbocycles. The lowest BCUT2D eigenvalue weighted by atomic mass is 10.1. The van der Waals surface area contributed by atoms with Gasteiger partial charge in [0.1, 0.15) is 23.3 Å². The van der Waals surface area contributed by atoms with Crippen LogP contribution in [0.1, 0.15) is 19.4 Å². The van der Waals surface area contributed by atoms with Crippen LogP contribution in [0, 0.1) is 0 Å². The molecular weight excluding hydrogens is 372 g/mol. The van der Waals surface area contributed by atoms with Crippen LogP contribution < -0.4 is 19.5 Å². The third-order valence-electron chi connectivity index (χ3n) is 4.43. The van der Waals surface area contributed by atoms with Gasteiger partial charge in [0, 0.05) is 13.1 Å². The number of rotatable bonds is 10. The van der Waals surface area contributed by atoms with Crippen molar-refractivity contribution in [3.8, 4) is 17.2 Å². The highest BCUT2D eigenvalue weighted by atomic mass is 16.5. The molecular formula is C22H28N2O5. The molecule has 0 heterocycles. The van der Waals surface area contributed by atoms with Crippen LogP contribution in [-0.2, 0) is 16.1 Å². The van der Waals surface area contributed by atoms with Crippen molar-refractivity contribution in [1.82, 2.24) is 10.2 Å². The van der Waals surface area contributed by atoms with Gasteiger partial charge in [-0.15, -0.1) is 0 Å². The maximum atomic E-state index is 12.9. The Balaban J connectivity index is 2.13. The normalized spacial score (nSPS) is 11.3. The van der Waals surface area contributed by atoms with E-state index in [-0.39, 0.29) is 25.0 Å². The SMILES string of the molecule is CCNC(=O)[C@H](C)N(Cc1cccc(OC)c1)C(=O)COc1ccc(OC)cc1. The number of nitrogens with one attached hydrogen (secondary N) is 1. The van der Waals surface area contributed by atoms with E-state index in [1.54, 1.807) is 45.4 Å². The zero-order chi connectivity index (χ0) is 21.2. The molecule has 0 spiro atoms. The number of amides is 2. The quantitative estimate of drug-likeness (QED) is 0.663. The van der Waals surface area contributed by atoms with E-state index < -0.39 is 6.04 Å². The first-order chi connectivity index (χ1) is 14.0. The lowest BCUT2D eigenvalue weighted by Crippen LogP contribution is -2.49. The third kappa shape index (κ3) is 6.41. The number of hydrogen-bond acceptors (Lipinski definition) is 5. The predicted octanol–water partition coefficient (Wildman–Crippen LogP) is 2.64. The van der Waals surface area contributed by atoms with Crippen LogP contribution in [0.15, 0.2) is 48.5 Å². The zero-order valence-electron chi connectivity index (χ0n) is 17.3. The van der Waals surface area contributed by atoms with Crippen molar-refractivity contribution in [2.45, 2.75) is 26.4 Å². The number of carbonyl (C=O) groups is 2. The Hall–Kier alpha value is -3.22. The molecule has 29 heavy (non-hydrogen) atoms. The van der Waals surface area contributed by atoms with E-state index in [0.717, 1.165) is 5.56 Å². The summed E-state index contributed by atoms with van der Waals surface area (Å²) in [6.07, 6.45) is 0. The first kappa shape index (κ1) is 22.1. The second-order valence-electron chi connectivity index (χ2n) is 6.41. The summed E-state index contributed by atoms with van der Waals surface area (Å²) in [7, 11) is 3.17. The van der Waals surface area contributed by atoms with Crippen molar-refractivity contribution < 1.29 is 23.8 Å². The van der Waals surface area contributed by atoms with Gasteiger partial charge in [-0.05, 0) is 55.8 Å². The van der Waals surface area contributed by atoms with Crippen molar-refractivity contribution in [3.05, 3.63) is 54.1 Å². The first-order valence-electron chi connectivity index (χ1n) is 9.45. The Morgan fingerprint density at radius 2 is 1.66 bits per heavy atom. The van der Waals surface area contributed by atoms with Gasteiger partial charge in [-0.3, -0.25) is 9.59 Å². The number of ether oxygens (including phenoxy) is 3. The maximum Gasteiger partial charge on any atom is 0.261 e. The van der Waals surface area contributed by atoms with Crippen LogP contribution in [0.3, 0.4) is 0 Å². The molecule has 0 unspecified atom stereocenters. The van der Waals surface area contributed by atoms with E-state index in [2.05, 4.69) is 5.32 Å². The standard InChI is InChI=1S/C22H28N2O5/c1-5-23-22(26)16(2)24(14-17-7-6-8-20(13-17)28-4)21(25)15-29-19-11-9-18(27-3)10-12-19/h6-13,16H,5,14-15H2,1-4H3,(H,23,26)/t16-/m0/s1. The van der Waals surface area contributed by atoms with E-state index in [1.807, 2.05) is 31.2 Å². The molecule has 1 atom stereocenters. The lowest BCUT2D eigenvalue weighted by molar-refractivity contribution is -0.142. The van der Waals surface area contributed by atoms with Gasteiger partial charge in [-0.1, -0.05) is 12.1 Å². The summed E-state index contributed by atoms with van der Waals surface area (Å²) in [6.45, 7) is 4.12. The average molecular weight is 400 g/mol. The molecule has 0 aliphatic carbocycles. The highest BCUT2D eigenvalue weighted by Gasteiger charge is 2.26. The number of benzene rings is 2. The zero-order valence-corrected chi connectivity index (χ0v) is 17.3. The fourth-order valence-corrected chi connectivity index (χ4v) is 2.77. The van der Waals surface area contributed by atoms with Crippen LogP contribution in [-0.4, -0.2) is 50.1 Å². The topological polar surface area (TPSA) is 77.1 Å². The fourth-order valence-electron chi connectivity index (χ4n) is 2.77. The van der Waals surface area contributed by atoms with Crippen molar-refractivity contribution >= 4 is 11.8 Å². The monoisotopic (exact) mass is 400 g/mol. The van der Waals surface area contributed by atoms with E-state index >= 15 is 0 Å². The molecule has 0 radical (unpaired) electrons. The van der Waals surface area contributed by atoms with Crippen molar-refractivity contribution in [1.29, 1.82) is 0 Å². The van der Waals surface area contributed by atoms with E-state index in [0.29, 0.717) is 23.8 Å². The maximum absolute atomic E-state index is 12.9. The van der Waals surface area contributed by atoms with Gasteiger partial charge in [0.05, 0.1) is 14.2 Å². The molecule has 7 nitrogen and oxygen atoms in total. The Morgan fingerprint density at radius 1 is 1.00 bits per heavy atom. The number of hydrogen-bond donors (Lipinski definition) is 1. The summed E-state index contributed by atoms with van der Waals surface area (Å²) in [5, 5.41) is 2.76. The van der Waals surface area contributed by atoms with E-state index in [4.69, 9.17) is 14.2 Å². The van der Waals surface area contributed by atoms with Crippen molar-refractivity contribution in [2.75, 3.05) is 27.4 Å². The third-order valence-corrected chi connectivity index (χ3v) is 4.43. The predicted molar refractivity (Wildman–Crippen MR) is 110 cm³/mol. The number of nitrogens with zero attached hydrogens (tertiary/aromatic N) is 1. The smallest absolute Gasteiger partial charge is 0.261 e. The highest BCUT2D eigenvalue weighted by molar-refractivity contribution is 5.87. The first-order valence-corrected chi connectivity index (χ1v) is 9.45. The minimum absolute atomic E-state index is 0.181. The molecule has 0 saturated heterocycles. The summed E-state index contributed by atoms with van der Waals surface area (Å²) in [5.41, 5.74) is 0.860. The number of carbonyl (C=O) groups excluding carboxylic acids is 2. The lowest BCUT2D eigenvalue weighted by Gasteiger charge is -2.28. The summed E-state index contributed by atoms with van der Waals surface area (Å²) in [6, 6.07) is 13.7. The molecule has 1 N–H and O–H groups in total. The van der Waals surface area contributed by atoms with Crippen LogP contribution in [0.4, 0.5) is 0 Å². The second kappa shape index (κ2) is 10.9. The van der Waals surface area contributed by atoms with E-state index in [1.165, 1.54) is 4.90 Å². The molecule has 0 fully saturated rings. The minimum atomic E-state index is -0.645. The Morgan fingerprint density at radius 3 is 2.28 bits per heavy atom. The molecule has 2 aromatic rings. The molecule has 0 aromatic heterocycles. The van der Waals surface area contributed by atoms with Gasteiger partial charge in [0.2, 0.25) is 5.91 Å². The summed E-state index contributed by atoms with van der Waals surface area (Å²) < 4.78 is 16.0. The van der Waals surface area contributed by atoms with Crippen LogP contribution in [0.2, 0.25) is 0 Å². The molecule has 0 bridgehead atoms. The number of methoxy groups -OCH3 is 2.